The zero-order valence-electron chi connectivity index (χ0n) is 11.6. The third-order valence-electron chi connectivity index (χ3n) is 3.37. The third kappa shape index (κ3) is 2.49. The molecule has 3 rings (SSSR count). The van der Waals surface area contributed by atoms with Crippen molar-refractivity contribution < 1.29 is 8.42 Å². The zero-order chi connectivity index (χ0) is 14.9. The summed E-state index contributed by atoms with van der Waals surface area (Å²) in [5.41, 5.74) is 0.569. The second kappa shape index (κ2) is 5.41. The number of rotatable bonds is 4. The molecule has 0 atom stereocenters. The average Bonchev–Trinajstić information content (AvgIpc) is 2.95. The highest BCUT2D eigenvalue weighted by Crippen LogP contribution is 2.25. The van der Waals surface area contributed by atoms with Gasteiger partial charge in [0, 0.05) is 32.0 Å². The van der Waals surface area contributed by atoms with Crippen molar-refractivity contribution in [3.05, 3.63) is 30.6 Å². The second-order valence-corrected chi connectivity index (χ2v) is 6.59. The highest BCUT2D eigenvalue weighted by Gasteiger charge is 2.31. The van der Waals surface area contributed by atoms with Gasteiger partial charge in [0.2, 0.25) is 10.0 Å². The summed E-state index contributed by atoms with van der Waals surface area (Å²) in [6, 6.07) is 1.67. The summed E-state index contributed by atoms with van der Waals surface area (Å²) in [7, 11) is -3.61. The number of nitrogens with one attached hydrogen (secondary N) is 1. The molecule has 21 heavy (non-hydrogen) atoms. The number of nitrogens with zero attached hydrogens (tertiary/aromatic N) is 5. The number of anilines is 1. The van der Waals surface area contributed by atoms with Crippen molar-refractivity contribution in [2.75, 3.05) is 18.4 Å². The van der Waals surface area contributed by atoms with E-state index in [0.29, 0.717) is 31.1 Å². The molecule has 2 aromatic heterocycles. The molecule has 0 fully saturated rings. The summed E-state index contributed by atoms with van der Waals surface area (Å²) in [6.45, 7) is 3.73. The van der Waals surface area contributed by atoms with E-state index in [4.69, 9.17) is 0 Å². The number of hydrogen-bond donors (Lipinski definition) is 1. The number of sulfonamides is 1. The minimum absolute atomic E-state index is 0.194. The average molecular weight is 308 g/mol. The van der Waals surface area contributed by atoms with Gasteiger partial charge in [-0.15, -0.1) is 10.2 Å². The fraction of sp³-hybridized carbons (Fsp3) is 0.417. The second-order valence-electron chi connectivity index (χ2n) is 4.68. The van der Waals surface area contributed by atoms with Gasteiger partial charge in [-0.2, -0.15) is 4.31 Å². The van der Waals surface area contributed by atoms with Crippen LogP contribution in [0.1, 0.15) is 12.7 Å². The SMILES string of the molecule is CCNc1ccncc1S(=O)(=O)N1CCn2cnnc2C1. The molecule has 0 saturated carbocycles. The van der Waals surface area contributed by atoms with Crippen LogP contribution in [0.4, 0.5) is 5.69 Å². The molecule has 112 valence electrons. The van der Waals surface area contributed by atoms with Crippen LogP contribution in [-0.2, 0) is 23.1 Å². The number of pyridine rings is 1. The molecule has 1 aliphatic rings. The van der Waals surface area contributed by atoms with Crippen molar-refractivity contribution >= 4 is 15.7 Å². The summed E-state index contributed by atoms with van der Waals surface area (Å²) < 4.78 is 28.9. The van der Waals surface area contributed by atoms with Gasteiger partial charge in [-0.1, -0.05) is 0 Å². The fourth-order valence-electron chi connectivity index (χ4n) is 2.31. The van der Waals surface area contributed by atoms with Crippen LogP contribution in [-0.4, -0.2) is 45.6 Å². The van der Waals surface area contributed by atoms with Crippen LogP contribution in [0.5, 0.6) is 0 Å². The van der Waals surface area contributed by atoms with Crippen molar-refractivity contribution in [2.45, 2.75) is 24.9 Å². The van der Waals surface area contributed by atoms with E-state index in [9.17, 15) is 8.42 Å². The molecular weight excluding hydrogens is 292 g/mol. The van der Waals surface area contributed by atoms with Gasteiger partial charge < -0.3 is 9.88 Å². The molecular formula is C12H16N6O2S. The largest absolute Gasteiger partial charge is 0.384 e. The number of fused-ring (bicyclic) bond motifs is 1. The predicted molar refractivity (Wildman–Crippen MR) is 76.0 cm³/mol. The summed E-state index contributed by atoms with van der Waals surface area (Å²) >= 11 is 0. The van der Waals surface area contributed by atoms with Crippen molar-refractivity contribution in [3.63, 3.8) is 0 Å². The first-order valence-corrected chi connectivity index (χ1v) is 8.11. The Morgan fingerprint density at radius 1 is 1.38 bits per heavy atom. The van der Waals surface area contributed by atoms with Gasteiger partial charge in [-0.3, -0.25) is 4.98 Å². The molecule has 0 spiro atoms. The minimum atomic E-state index is -3.61. The Bertz CT molecular complexity index is 742. The Hall–Kier alpha value is -2.00. The maximum absolute atomic E-state index is 12.8. The maximum Gasteiger partial charge on any atom is 0.247 e. The topological polar surface area (TPSA) is 93.0 Å². The predicted octanol–water partition coefficient (Wildman–Crippen LogP) is 0.309. The van der Waals surface area contributed by atoms with E-state index < -0.39 is 10.0 Å². The highest BCUT2D eigenvalue weighted by molar-refractivity contribution is 7.89. The Kier molecular flexibility index (Phi) is 3.60. The van der Waals surface area contributed by atoms with Crippen LogP contribution in [0.15, 0.2) is 29.7 Å². The molecule has 0 aromatic carbocycles. The van der Waals surface area contributed by atoms with Crippen LogP contribution in [0.3, 0.4) is 0 Å². The van der Waals surface area contributed by atoms with Crippen molar-refractivity contribution in [1.82, 2.24) is 24.1 Å². The van der Waals surface area contributed by atoms with Crippen LogP contribution in [0.25, 0.3) is 0 Å². The Morgan fingerprint density at radius 2 is 2.24 bits per heavy atom. The molecule has 0 unspecified atom stereocenters. The molecule has 2 aromatic rings. The summed E-state index contributed by atoms with van der Waals surface area (Å²) in [5.74, 6) is 0.652. The first-order chi connectivity index (χ1) is 10.1. The molecule has 0 aliphatic carbocycles. The van der Waals surface area contributed by atoms with Gasteiger partial charge in [0.05, 0.1) is 12.2 Å². The van der Waals surface area contributed by atoms with Crippen LogP contribution in [0.2, 0.25) is 0 Å². The monoisotopic (exact) mass is 308 g/mol. The van der Waals surface area contributed by atoms with Gasteiger partial charge >= 0.3 is 0 Å². The van der Waals surface area contributed by atoms with Crippen molar-refractivity contribution in [1.29, 1.82) is 0 Å². The standard InChI is InChI=1S/C12H16N6O2S/c1-2-14-10-3-4-13-7-11(10)21(19,20)18-6-5-17-9-15-16-12(17)8-18/h3-4,7,9H,2,5-6,8H2,1H3,(H,13,14). The summed E-state index contributed by atoms with van der Waals surface area (Å²) in [5, 5.41) is 10.8. The van der Waals surface area contributed by atoms with Crippen LogP contribution < -0.4 is 5.32 Å². The molecule has 0 saturated heterocycles. The molecule has 0 radical (unpaired) electrons. The van der Waals surface area contributed by atoms with E-state index >= 15 is 0 Å². The zero-order valence-corrected chi connectivity index (χ0v) is 12.4. The lowest BCUT2D eigenvalue weighted by atomic mass is 10.4. The maximum atomic E-state index is 12.8. The van der Waals surface area contributed by atoms with Gasteiger partial charge in [-0.05, 0) is 13.0 Å². The molecule has 1 N–H and O–H groups in total. The van der Waals surface area contributed by atoms with Crippen LogP contribution in [0, 0.1) is 0 Å². The molecule has 0 bridgehead atoms. The smallest absolute Gasteiger partial charge is 0.247 e. The normalized spacial score (nSPS) is 15.7. The van der Waals surface area contributed by atoms with E-state index in [-0.39, 0.29) is 11.4 Å². The number of aromatic nitrogens is 4. The lowest BCUT2D eigenvalue weighted by Gasteiger charge is -2.27. The lowest BCUT2D eigenvalue weighted by molar-refractivity contribution is 0.335. The first kappa shape index (κ1) is 14.0. The van der Waals surface area contributed by atoms with E-state index in [2.05, 4.69) is 20.5 Å². The van der Waals surface area contributed by atoms with Crippen molar-refractivity contribution in [2.24, 2.45) is 0 Å². The van der Waals surface area contributed by atoms with Gasteiger partial charge in [-0.25, -0.2) is 8.42 Å². The van der Waals surface area contributed by atoms with E-state index in [0.717, 1.165) is 0 Å². The molecule has 1 aliphatic heterocycles. The Morgan fingerprint density at radius 3 is 3.05 bits per heavy atom. The molecule has 8 nitrogen and oxygen atoms in total. The summed E-state index contributed by atoms with van der Waals surface area (Å²) in [4.78, 5) is 4.14. The molecule has 3 heterocycles. The lowest BCUT2D eigenvalue weighted by Crippen LogP contribution is -2.38. The van der Waals surface area contributed by atoms with Crippen LogP contribution >= 0.6 is 0 Å². The molecule has 9 heteroatoms. The van der Waals surface area contributed by atoms with E-state index in [1.54, 1.807) is 18.6 Å². The minimum Gasteiger partial charge on any atom is -0.384 e. The Balaban J connectivity index is 1.95. The number of hydrogen-bond acceptors (Lipinski definition) is 6. The van der Waals surface area contributed by atoms with Crippen molar-refractivity contribution in [3.8, 4) is 0 Å². The third-order valence-corrected chi connectivity index (χ3v) is 5.25. The van der Waals surface area contributed by atoms with Gasteiger partial charge in [0.1, 0.15) is 17.0 Å². The summed E-state index contributed by atoms with van der Waals surface area (Å²) in [6.07, 6.45) is 4.57. The Labute approximate surface area is 122 Å². The van der Waals surface area contributed by atoms with E-state index in [1.807, 2.05) is 11.5 Å². The molecule has 0 amide bonds. The van der Waals surface area contributed by atoms with Gasteiger partial charge in [0.15, 0.2) is 0 Å². The quantitative estimate of drug-likeness (QED) is 0.874. The van der Waals surface area contributed by atoms with E-state index in [1.165, 1.54) is 10.5 Å². The fourth-order valence-corrected chi connectivity index (χ4v) is 3.81. The highest BCUT2D eigenvalue weighted by atomic mass is 32.2. The first-order valence-electron chi connectivity index (χ1n) is 6.67. The van der Waals surface area contributed by atoms with Gasteiger partial charge in [0.25, 0.3) is 0 Å².